The Morgan fingerprint density at radius 3 is 2.41 bits per heavy atom. The van der Waals surface area contributed by atoms with Crippen LogP contribution in [0.3, 0.4) is 0 Å². The van der Waals surface area contributed by atoms with Crippen molar-refractivity contribution in [3.63, 3.8) is 0 Å². The van der Waals surface area contributed by atoms with E-state index in [2.05, 4.69) is 20.6 Å². The summed E-state index contributed by atoms with van der Waals surface area (Å²) in [4.78, 5) is 32.3. The first-order valence-corrected chi connectivity index (χ1v) is 7.09. The first-order valence-electron chi connectivity index (χ1n) is 7.09. The molecule has 0 unspecified atom stereocenters. The fourth-order valence-corrected chi connectivity index (χ4v) is 1.80. The molecule has 0 atom stereocenters. The summed E-state index contributed by atoms with van der Waals surface area (Å²) in [5, 5.41) is 5.35. The molecule has 0 saturated heterocycles. The summed E-state index contributed by atoms with van der Waals surface area (Å²) >= 11 is 0. The van der Waals surface area contributed by atoms with Crippen LogP contribution < -0.4 is 10.6 Å². The smallest absolute Gasteiger partial charge is 0.273 e. The van der Waals surface area contributed by atoms with Gasteiger partial charge in [-0.15, -0.1) is 0 Å². The molecule has 1 heterocycles. The van der Waals surface area contributed by atoms with Crippen molar-refractivity contribution in [2.75, 3.05) is 11.9 Å². The van der Waals surface area contributed by atoms with Crippen molar-refractivity contribution in [3.05, 3.63) is 53.5 Å². The number of rotatable bonds is 5. The number of benzene rings is 1. The van der Waals surface area contributed by atoms with Gasteiger partial charge in [-0.25, -0.2) is 9.97 Å². The zero-order chi connectivity index (χ0) is 15.9. The number of carbonyl (C=O) groups excluding carboxylic acids is 2. The highest BCUT2D eigenvalue weighted by Crippen LogP contribution is 2.11. The highest BCUT2D eigenvalue weighted by atomic mass is 16.2. The summed E-state index contributed by atoms with van der Waals surface area (Å²) in [5.41, 5.74) is 1.67. The van der Waals surface area contributed by atoms with E-state index in [-0.39, 0.29) is 23.3 Å². The summed E-state index contributed by atoms with van der Waals surface area (Å²) in [6.45, 7) is 4.44. The van der Waals surface area contributed by atoms with Crippen molar-refractivity contribution in [2.24, 2.45) is 0 Å². The molecule has 6 heteroatoms. The van der Waals surface area contributed by atoms with Crippen LogP contribution in [0.15, 0.2) is 36.7 Å². The number of hydrogen-bond acceptors (Lipinski definition) is 4. The van der Waals surface area contributed by atoms with Crippen molar-refractivity contribution in [2.45, 2.75) is 20.3 Å². The largest absolute Gasteiger partial charge is 0.351 e. The van der Waals surface area contributed by atoms with E-state index in [1.54, 1.807) is 12.1 Å². The van der Waals surface area contributed by atoms with Crippen molar-refractivity contribution < 1.29 is 9.59 Å². The monoisotopic (exact) mass is 298 g/mol. The second-order valence-corrected chi connectivity index (χ2v) is 4.83. The average molecular weight is 298 g/mol. The van der Waals surface area contributed by atoms with Gasteiger partial charge in [-0.3, -0.25) is 9.59 Å². The molecule has 2 rings (SSSR count). The number of aromatic nitrogens is 2. The maximum atomic E-state index is 12.2. The molecule has 114 valence electrons. The van der Waals surface area contributed by atoms with Gasteiger partial charge in [0.15, 0.2) is 11.5 Å². The van der Waals surface area contributed by atoms with Crippen LogP contribution in [-0.4, -0.2) is 28.3 Å². The molecule has 1 aromatic heterocycles. The van der Waals surface area contributed by atoms with Gasteiger partial charge < -0.3 is 10.6 Å². The van der Waals surface area contributed by atoms with Crippen LogP contribution in [0.25, 0.3) is 0 Å². The van der Waals surface area contributed by atoms with Gasteiger partial charge in [0.1, 0.15) is 0 Å². The molecular formula is C16H18N4O2. The Labute approximate surface area is 129 Å². The van der Waals surface area contributed by atoms with Crippen LogP contribution in [0.1, 0.15) is 39.8 Å². The second-order valence-electron chi connectivity index (χ2n) is 4.83. The van der Waals surface area contributed by atoms with E-state index in [0.717, 1.165) is 12.0 Å². The average Bonchev–Trinajstić information content (AvgIpc) is 2.53. The van der Waals surface area contributed by atoms with Gasteiger partial charge in [-0.05, 0) is 25.5 Å². The van der Waals surface area contributed by atoms with Crippen LogP contribution >= 0.6 is 0 Å². The molecule has 2 aromatic rings. The van der Waals surface area contributed by atoms with Gasteiger partial charge in [0, 0.05) is 24.5 Å². The van der Waals surface area contributed by atoms with Crippen molar-refractivity contribution in [3.8, 4) is 0 Å². The summed E-state index contributed by atoms with van der Waals surface area (Å²) < 4.78 is 0. The number of anilines is 1. The lowest BCUT2D eigenvalue weighted by Crippen LogP contribution is -2.27. The third-order valence-electron chi connectivity index (χ3n) is 2.99. The minimum absolute atomic E-state index is 0.108. The molecule has 2 amide bonds. The molecule has 0 bridgehead atoms. The van der Waals surface area contributed by atoms with E-state index in [1.807, 2.05) is 26.0 Å². The zero-order valence-electron chi connectivity index (χ0n) is 12.6. The summed E-state index contributed by atoms with van der Waals surface area (Å²) in [5.74, 6) is -0.527. The molecule has 0 radical (unpaired) electrons. The molecule has 0 aliphatic carbocycles. The van der Waals surface area contributed by atoms with Crippen LogP contribution in [0.4, 0.5) is 5.82 Å². The molecule has 0 saturated carbocycles. The molecule has 22 heavy (non-hydrogen) atoms. The van der Waals surface area contributed by atoms with Gasteiger partial charge in [-0.2, -0.15) is 0 Å². The fourth-order valence-electron chi connectivity index (χ4n) is 1.80. The number of hydrogen-bond donors (Lipinski definition) is 2. The lowest BCUT2D eigenvalue weighted by molar-refractivity contribution is 0.0949. The molecule has 0 spiro atoms. The number of aryl methyl sites for hydroxylation is 1. The number of nitrogens with zero attached hydrogens (tertiary/aromatic N) is 2. The highest BCUT2D eigenvalue weighted by molar-refractivity contribution is 6.07. The van der Waals surface area contributed by atoms with E-state index >= 15 is 0 Å². The predicted octanol–water partition coefficient (Wildman–Crippen LogP) is 2.18. The number of nitrogens with one attached hydrogen (secondary N) is 2. The minimum Gasteiger partial charge on any atom is -0.351 e. The summed E-state index contributed by atoms with van der Waals surface area (Å²) in [7, 11) is 0. The first-order chi connectivity index (χ1) is 10.6. The molecule has 1 aromatic carbocycles. The summed E-state index contributed by atoms with van der Waals surface area (Å²) in [6, 6.07) is 7.14. The first kappa shape index (κ1) is 15.6. The third-order valence-corrected chi connectivity index (χ3v) is 2.99. The van der Waals surface area contributed by atoms with Crippen molar-refractivity contribution in [1.82, 2.24) is 15.3 Å². The molecular weight excluding hydrogens is 280 g/mol. The second kappa shape index (κ2) is 7.31. The molecule has 2 N–H and O–H groups in total. The topological polar surface area (TPSA) is 84.0 Å². The molecule has 0 aliphatic rings. The Morgan fingerprint density at radius 1 is 1.05 bits per heavy atom. The highest BCUT2D eigenvalue weighted by Gasteiger charge is 2.16. The quantitative estimate of drug-likeness (QED) is 0.886. The Balaban J connectivity index is 2.17. The normalized spacial score (nSPS) is 10.1. The zero-order valence-corrected chi connectivity index (χ0v) is 12.6. The third kappa shape index (κ3) is 3.88. The Bertz CT molecular complexity index is 668. The van der Waals surface area contributed by atoms with E-state index < -0.39 is 0 Å². The van der Waals surface area contributed by atoms with E-state index in [0.29, 0.717) is 12.1 Å². The molecule has 6 nitrogen and oxygen atoms in total. The van der Waals surface area contributed by atoms with E-state index in [4.69, 9.17) is 0 Å². The van der Waals surface area contributed by atoms with Crippen LogP contribution in [0.2, 0.25) is 0 Å². The lowest BCUT2D eigenvalue weighted by atomic mass is 10.1. The van der Waals surface area contributed by atoms with Gasteiger partial charge in [0.25, 0.3) is 11.8 Å². The number of amides is 2. The van der Waals surface area contributed by atoms with Gasteiger partial charge in [0.2, 0.25) is 0 Å². The van der Waals surface area contributed by atoms with E-state index in [1.165, 1.54) is 12.4 Å². The SMILES string of the molecule is CCCNC(=O)c1nccnc1NC(=O)c1ccc(C)cc1. The standard InChI is InChI=1S/C16H18N4O2/c1-3-8-19-16(22)13-14(18-10-9-17-13)20-15(21)12-6-4-11(2)5-7-12/h4-7,9-10H,3,8H2,1-2H3,(H,19,22)(H,18,20,21). The Kier molecular flexibility index (Phi) is 5.19. The number of carbonyl (C=O) groups is 2. The molecule has 0 aliphatic heterocycles. The minimum atomic E-state index is -0.353. The fraction of sp³-hybridized carbons (Fsp3) is 0.250. The van der Waals surface area contributed by atoms with Crippen LogP contribution in [-0.2, 0) is 0 Å². The Morgan fingerprint density at radius 2 is 1.73 bits per heavy atom. The van der Waals surface area contributed by atoms with Gasteiger partial charge >= 0.3 is 0 Å². The van der Waals surface area contributed by atoms with E-state index in [9.17, 15) is 9.59 Å². The van der Waals surface area contributed by atoms with Gasteiger partial charge in [-0.1, -0.05) is 24.6 Å². The summed E-state index contributed by atoms with van der Waals surface area (Å²) in [6.07, 6.45) is 3.67. The van der Waals surface area contributed by atoms with Crippen LogP contribution in [0, 0.1) is 6.92 Å². The predicted molar refractivity (Wildman–Crippen MR) is 83.8 cm³/mol. The van der Waals surface area contributed by atoms with Crippen molar-refractivity contribution >= 4 is 17.6 Å². The van der Waals surface area contributed by atoms with Gasteiger partial charge in [0.05, 0.1) is 0 Å². The maximum absolute atomic E-state index is 12.2. The lowest BCUT2D eigenvalue weighted by Gasteiger charge is -2.09. The Hall–Kier alpha value is -2.76. The van der Waals surface area contributed by atoms with Crippen LogP contribution in [0.5, 0.6) is 0 Å². The molecule has 0 fully saturated rings. The van der Waals surface area contributed by atoms with Crippen molar-refractivity contribution in [1.29, 1.82) is 0 Å². The maximum Gasteiger partial charge on any atom is 0.273 e.